The van der Waals surface area contributed by atoms with Gasteiger partial charge < -0.3 is 30.7 Å². The van der Waals surface area contributed by atoms with Gasteiger partial charge >= 0.3 is 6.03 Å². The molecule has 4 aliphatic rings. The fourth-order valence-electron chi connectivity index (χ4n) is 11.0. The minimum Gasteiger partial charge on any atom is -0.494 e. The fraction of sp³-hybridized carbons (Fsp3) is 0.442. The highest BCUT2D eigenvalue weighted by atomic mass is 35.5. The highest BCUT2D eigenvalue weighted by Gasteiger charge is 2.50. The van der Waals surface area contributed by atoms with Crippen molar-refractivity contribution in [2.24, 2.45) is 24.6 Å². The molecule has 4 aromatic carbocycles. The Morgan fingerprint density at radius 3 is 2.45 bits per heavy atom. The van der Waals surface area contributed by atoms with Gasteiger partial charge in [0.05, 0.1) is 23.2 Å². The second-order valence-corrected chi connectivity index (χ2v) is 19.4. The Bertz CT molecular complexity index is 2770. The van der Waals surface area contributed by atoms with Gasteiger partial charge in [-0.05, 0) is 106 Å². The van der Waals surface area contributed by atoms with Gasteiger partial charge in [-0.3, -0.25) is 29.3 Å². The van der Waals surface area contributed by atoms with Gasteiger partial charge in [0.2, 0.25) is 17.7 Å². The van der Waals surface area contributed by atoms with E-state index < -0.39 is 35.1 Å². The molecule has 0 spiro atoms. The molecule has 69 heavy (non-hydrogen) atoms. The van der Waals surface area contributed by atoms with E-state index in [1.54, 1.807) is 4.68 Å². The zero-order valence-corrected chi connectivity index (χ0v) is 40.0. The van der Waals surface area contributed by atoms with Crippen LogP contribution in [-0.4, -0.2) is 90.9 Å². The summed E-state index contributed by atoms with van der Waals surface area (Å²) in [4.78, 5) is 54.2. The van der Waals surface area contributed by atoms with Crippen LogP contribution in [0, 0.1) is 23.5 Å². The van der Waals surface area contributed by atoms with Gasteiger partial charge in [0, 0.05) is 85.7 Å². The van der Waals surface area contributed by atoms with Crippen molar-refractivity contribution >= 4 is 52.1 Å². The van der Waals surface area contributed by atoms with Crippen LogP contribution in [-0.2, 0) is 28.7 Å². The molecule has 364 valence electrons. The van der Waals surface area contributed by atoms with Crippen molar-refractivity contribution in [3.63, 3.8) is 0 Å². The number of urea groups is 1. The zero-order valence-electron chi connectivity index (χ0n) is 39.2. The van der Waals surface area contributed by atoms with E-state index in [-0.39, 0.29) is 63.4 Å². The largest absolute Gasteiger partial charge is 0.494 e. The van der Waals surface area contributed by atoms with Crippen molar-refractivity contribution in [1.82, 2.24) is 30.6 Å². The predicted molar refractivity (Wildman–Crippen MR) is 259 cm³/mol. The van der Waals surface area contributed by atoms with E-state index in [0.29, 0.717) is 36.9 Å². The van der Waals surface area contributed by atoms with Gasteiger partial charge in [-0.1, -0.05) is 54.9 Å². The summed E-state index contributed by atoms with van der Waals surface area (Å²) in [5.74, 6) is -2.17. The molecule has 1 aliphatic carbocycles. The Morgan fingerprint density at radius 2 is 1.74 bits per heavy atom. The van der Waals surface area contributed by atoms with Crippen molar-refractivity contribution in [2.75, 3.05) is 51.3 Å². The van der Waals surface area contributed by atoms with Crippen LogP contribution in [0.25, 0.3) is 22.0 Å². The number of fused-ring (bicyclic) bond motifs is 2. The molecule has 2 saturated heterocycles. The average molecular weight is 966 g/mol. The molecule has 0 bridgehead atoms. The molecule has 0 radical (unpaired) electrons. The number of carbonyl (C=O) groups is 4. The zero-order chi connectivity index (χ0) is 48.6. The number of ether oxygens (including phenoxy) is 2. The van der Waals surface area contributed by atoms with Crippen LogP contribution < -0.4 is 36.1 Å². The summed E-state index contributed by atoms with van der Waals surface area (Å²) < 4.78 is 45.8. The number of carbonyl (C=O) groups excluding carboxylic acids is 4. The lowest BCUT2D eigenvalue weighted by atomic mass is 9.77. The first kappa shape index (κ1) is 47.9. The van der Waals surface area contributed by atoms with Crippen LogP contribution in [0.3, 0.4) is 0 Å². The molecular formula is C52H59ClF2N8O6. The lowest BCUT2D eigenvalue weighted by molar-refractivity contribution is -0.126. The molecule has 1 saturated carbocycles. The van der Waals surface area contributed by atoms with Crippen LogP contribution in [0.15, 0.2) is 66.7 Å². The number of likely N-dealkylation sites (tertiary alicyclic amines) is 1. The maximum absolute atomic E-state index is 16.2. The number of benzene rings is 4. The van der Waals surface area contributed by atoms with Crippen LogP contribution in [0.1, 0.15) is 91.3 Å². The quantitative estimate of drug-likeness (QED) is 0.0820. The number of halogens is 3. The summed E-state index contributed by atoms with van der Waals surface area (Å²) in [6.07, 6.45) is 7.51. The van der Waals surface area contributed by atoms with Crippen LogP contribution >= 0.6 is 11.6 Å². The first-order valence-corrected chi connectivity index (χ1v) is 24.4. The van der Waals surface area contributed by atoms with Crippen LogP contribution in [0.5, 0.6) is 11.5 Å². The molecule has 17 heteroatoms. The van der Waals surface area contributed by atoms with Gasteiger partial charge in [0.1, 0.15) is 11.6 Å². The predicted octanol–water partition coefficient (Wildman–Crippen LogP) is 7.73. The molecule has 2 unspecified atom stereocenters. The molecule has 9 rings (SSSR count). The second-order valence-electron chi connectivity index (χ2n) is 19.0. The highest BCUT2D eigenvalue weighted by Crippen LogP contribution is 2.56. The summed E-state index contributed by atoms with van der Waals surface area (Å²) in [6.45, 7) is 5.97. The third kappa shape index (κ3) is 9.50. The molecule has 2 atom stereocenters. The minimum atomic E-state index is -1.07. The van der Waals surface area contributed by atoms with Gasteiger partial charge in [-0.15, -0.1) is 0 Å². The standard InChI is InChI=1S/C52H59ClF2N8O6/c1-30-43-41(28-38(54)46(53)45(43)44-37(48(56)65)17-18-40(68-3)47(44)55)69-52(30,34-7-5-4-6-8-34)29-58-35-14-12-33(13-15-35)50(66)57-22-26-62-23-19-31(20-24-62)9-10-32-11-16-36-39(27-32)61(2)60-49(36)63-25-21-42(64)59-51(63)67/h4-8,11,16-18,27-28,30-31,33,35,58H,9-10,12-15,19-26,29H2,1-3H3,(H2,56,65)(H,57,66)(H,59,64,67). The SMILES string of the molecule is COc1ccc(C(N)=O)c(-c2c(Cl)c(F)cc3c2C(C)C(CNC2CCC(C(=O)NCCN4CCC(CCc5ccc6c(N7CCC(=O)NC7=O)nn(C)c6c5)CC4)CC2)(c2ccccc2)O3)c1F. The Balaban J connectivity index is 0.756. The number of hydrogen-bond acceptors (Lipinski definition) is 9. The Labute approximate surface area is 405 Å². The smallest absolute Gasteiger partial charge is 0.329 e. The van der Waals surface area contributed by atoms with E-state index >= 15 is 8.78 Å². The van der Waals surface area contributed by atoms with Crippen molar-refractivity contribution in [3.05, 3.63) is 106 Å². The molecule has 3 fully saturated rings. The van der Waals surface area contributed by atoms with Gasteiger partial charge in [0.15, 0.2) is 23.0 Å². The second kappa shape index (κ2) is 20.1. The lowest BCUT2D eigenvalue weighted by Gasteiger charge is -2.37. The van der Waals surface area contributed by atoms with Gasteiger partial charge in [0.25, 0.3) is 0 Å². The van der Waals surface area contributed by atoms with Crippen LogP contribution in [0.2, 0.25) is 5.02 Å². The van der Waals surface area contributed by atoms with Crippen molar-refractivity contribution in [3.8, 4) is 22.6 Å². The van der Waals surface area contributed by atoms with Crippen molar-refractivity contribution in [1.29, 1.82) is 0 Å². The summed E-state index contributed by atoms with van der Waals surface area (Å²) in [5, 5.41) is 14.5. The maximum Gasteiger partial charge on any atom is 0.329 e. The number of aromatic nitrogens is 2. The van der Waals surface area contributed by atoms with Gasteiger partial charge in [-0.2, -0.15) is 5.10 Å². The Morgan fingerprint density at radius 1 is 0.986 bits per heavy atom. The molecule has 1 aromatic heterocycles. The van der Waals surface area contributed by atoms with Crippen LogP contribution in [0.4, 0.5) is 19.4 Å². The number of nitrogens with zero attached hydrogens (tertiary/aromatic N) is 4. The number of amides is 5. The van der Waals surface area contributed by atoms with Crippen molar-refractivity contribution in [2.45, 2.75) is 82.3 Å². The van der Waals surface area contributed by atoms with E-state index in [1.165, 1.54) is 35.8 Å². The number of rotatable bonds is 15. The number of imide groups is 1. The number of anilines is 1. The minimum absolute atomic E-state index is 0.00476. The molecule has 5 amide bonds. The molecule has 5 aromatic rings. The van der Waals surface area contributed by atoms with Gasteiger partial charge in [-0.25, -0.2) is 13.6 Å². The topological polar surface area (TPSA) is 173 Å². The number of nitrogens with one attached hydrogen (secondary N) is 3. The Hall–Kier alpha value is -6.10. The highest BCUT2D eigenvalue weighted by molar-refractivity contribution is 6.34. The summed E-state index contributed by atoms with van der Waals surface area (Å²) in [7, 11) is 3.17. The molecular weight excluding hydrogens is 906 g/mol. The number of hydrogen-bond donors (Lipinski definition) is 4. The number of aryl methyl sites for hydroxylation is 2. The first-order valence-electron chi connectivity index (χ1n) is 24.0. The monoisotopic (exact) mass is 964 g/mol. The summed E-state index contributed by atoms with van der Waals surface area (Å²) in [5.41, 5.74) is 7.71. The summed E-state index contributed by atoms with van der Waals surface area (Å²) in [6, 6.07) is 19.4. The Kier molecular flexibility index (Phi) is 14.0. The molecule has 3 aliphatic heterocycles. The van der Waals surface area contributed by atoms with E-state index in [9.17, 15) is 19.2 Å². The lowest BCUT2D eigenvalue weighted by Crippen LogP contribution is -2.49. The third-order valence-electron chi connectivity index (χ3n) is 15.0. The van der Waals surface area contributed by atoms with E-state index in [0.717, 1.165) is 87.5 Å². The number of nitrogens with two attached hydrogens (primary N) is 1. The maximum atomic E-state index is 16.2. The first-order chi connectivity index (χ1) is 33.3. The number of piperidine rings is 1. The summed E-state index contributed by atoms with van der Waals surface area (Å²) >= 11 is 6.68. The molecule has 14 nitrogen and oxygen atoms in total. The average Bonchev–Trinajstić information content (AvgIpc) is 3.83. The van der Waals surface area contributed by atoms with E-state index in [1.807, 2.05) is 50.4 Å². The van der Waals surface area contributed by atoms with Crippen molar-refractivity contribution < 1.29 is 37.4 Å². The number of methoxy groups -OCH3 is 1. The van der Waals surface area contributed by atoms with E-state index in [4.69, 9.17) is 26.8 Å². The fourth-order valence-corrected chi connectivity index (χ4v) is 11.2. The number of primary amides is 1. The molecule has 4 heterocycles. The third-order valence-corrected chi connectivity index (χ3v) is 15.4. The van der Waals surface area contributed by atoms with E-state index in [2.05, 4.69) is 38.1 Å². The normalized spacial score (nSPS) is 22.1. The molecule has 5 N–H and O–H groups in total.